The first-order chi connectivity index (χ1) is 10.5. The minimum absolute atomic E-state index is 0.0385. The van der Waals surface area contributed by atoms with Gasteiger partial charge in [0.25, 0.3) is 0 Å². The SMILES string of the molecule is CO[SiH](OC)OC(C)CCCCCc1cc(F)c(F)cc1F. The molecule has 1 aromatic carbocycles. The van der Waals surface area contributed by atoms with Crippen molar-refractivity contribution in [1.29, 1.82) is 0 Å². The number of aryl methyl sites for hydroxylation is 1. The van der Waals surface area contributed by atoms with Gasteiger partial charge in [-0.2, -0.15) is 0 Å². The molecule has 0 aliphatic heterocycles. The molecule has 0 spiro atoms. The monoisotopic (exact) mass is 336 g/mol. The van der Waals surface area contributed by atoms with Gasteiger partial charge in [0.05, 0.1) is 0 Å². The van der Waals surface area contributed by atoms with E-state index in [2.05, 4.69) is 0 Å². The largest absolute Gasteiger partial charge is 0.483 e. The van der Waals surface area contributed by atoms with Gasteiger partial charge in [-0.05, 0) is 37.8 Å². The van der Waals surface area contributed by atoms with E-state index in [0.29, 0.717) is 18.9 Å². The molecule has 7 heteroatoms. The lowest BCUT2D eigenvalue weighted by Gasteiger charge is -2.17. The van der Waals surface area contributed by atoms with Crippen LogP contribution in [-0.4, -0.2) is 29.9 Å². The molecule has 0 fully saturated rings. The maximum Gasteiger partial charge on any atom is 0.483 e. The molecule has 1 unspecified atom stereocenters. The molecule has 0 amide bonds. The van der Waals surface area contributed by atoms with Crippen LogP contribution in [0.2, 0.25) is 0 Å². The predicted octanol–water partition coefficient (Wildman–Crippen LogP) is 3.62. The van der Waals surface area contributed by atoms with E-state index in [1.165, 1.54) is 0 Å². The molecule has 0 aliphatic rings. The molecule has 0 aromatic heterocycles. The Morgan fingerprint density at radius 1 is 0.955 bits per heavy atom. The smallest absolute Gasteiger partial charge is 0.379 e. The Hall–Kier alpha value is -0.893. The molecule has 3 nitrogen and oxygen atoms in total. The maximum absolute atomic E-state index is 13.4. The summed E-state index contributed by atoms with van der Waals surface area (Å²) in [6, 6.07) is 1.53. The first-order valence-electron chi connectivity index (χ1n) is 7.32. The molecular weight excluding hydrogens is 313 g/mol. The van der Waals surface area contributed by atoms with Crippen molar-refractivity contribution in [2.24, 2.45) is 0 Å². The van der Waals surface area contributed by atoms with Gasteiger partial charge in [-0.1, -0.05) is 12.8 Å². The fraction of sp³-hybridized carbons (Fsp3) is 0.600. The van der Waals surface area contributed by atoms with Gasteiger partial charge >= 0.3 is 9.53 Å². The van der Waals surface area contributed by atoms with Crippen LogP contribution in [0.3, 0.4) is 0 Å². The highest BCUT2D eigenvalue weighted by Gasteiger charge is 2.15. The summed E-state index contributed by atoms with van der Waals surface area (Å²) >= 11 is 0. The number of halogens is 3. The summed E-state index contributed by atoms with van der Waals surface area (Å²) in [5.41, 5.74) is 0.217. The van der Waals surface area contributed by atoms with Gasteiger partial charge in [0, 0.05) is 26.4 Å². The molecule has 126 valence electrons. The maximum atomic E-state index is 13.4. The van der Waals surface area contributed by atoms with Gasteiger partial charge in [-0.25, -0.2) is 13.2 Å². The number of hydrogen-bond donors (Lipinski definition) is 0. The molecule has 0 aliphatic carbocycles. The molecular formula is C15H23F3O3Si. The molecule has 0 saturated carbocycles. The van der Waals surface area contributed by atoms with Crippen LogP contribution in [0.15, 0.2) is 12.1 Å². The van der Waals surface area contributed by atoms with Gasteiger partial charge in [-0.15, -0.1) is 0 Å². The van der Waals surface area contributed by atoms with Crippen LogP contribution < -0.4 is 0 Å². The second-order valence-electron chi connectivity index (χ2n) is 5.16. The van der Waals surface area contributed by atoms with Gasteiger partial charge in [0.15, 0.2) is 11.6 Å². The van der Waals surface area contributed by atoms with Crippen LogP contribution in [0.25, 0.3) is 0 Å². The minimum Gasteiger partial charge on any atom is -0.379 e. The molecule has 0 heterocycles. The Kier molecular flexibility index (Phi) is 8.70. The van der Waals surface area contributed by atoms with Gasteiger partial charge in [0.1, 0.15) is 5.82 Å². The Balaban J connectivity index is 2.24. The molecule has 1 aromatic rings. The predicted molar refractivity (Wildman–Crippen MR) is 80.2 cm³/mol. The van der Waals surface area contributed by atoms with Gasteiger partial charge in [0.2, 0.25) is 0 Å². The minimum atomic E-state index is -2.00. The highest BCUT2D eigenvalue weighted by atomic mass is 28.3. The zero-order chi connectivity index (χ0) is 16.5. The topological polar surface area (TPSA) is 27.7 Å². The van der Waals surface area contributed by atoms with Crippen molar-refractivity contribution in [3.8, 4) is 0 Å². The zero-order valence-corrected chi connectivity index (χ0v) is 14.4. The Morgan fingerprint density at radius 2 is 1.59 bits per heavy atom. The highest BCUT2D eigenvalue weighted by Crippen LogP contribution is 2.17. The normalized spacial score (nSPS) is 12.9. The van der Waals surface area contributed by atoms with E-state index in [-0.39, 0.29) is 11.7 Å². The third-order valence-corrected chi connectivity index (χ3v) is 4.83. The van der Waals surface area contributed by atoms with Crippen molar-refractivity contribution in [1.82, 2.24) is 0 Å². The number of unbranched alkanes of at least 4 members (excludes halogenated alkanes) is 2. The zero-order valence-electron chi connectivity index (χ0n) is 13.2. The second kappa shape index (κ2) is 9.99. The molecule has 1 atom stereocenters. The van der Waals surface area contributed by atoms with Crippen molar-refractivity contribution in [2.45, 2.75) is 45.1 Å². The Morgan fingerprint density at radius 3 is 2.23 bits per heavy atom. The van der Waals surface area contributed by atoms with Crippen LogP contribution in [0, 0.1) is 17.5 Å². The van der Waals surface area contributed by atoms with E-state index in [9.17, 15) is 13.2 Å². The summed E-state index contributed by atoms with van der Waals surface area (Å²) in [6.07, 6.45) is 3.75. The average Bonchev–Trinajstić information content (AvgIpc) is 2.49. The van der Waals surface area contributed by atoms with E-state index >= 15 is 0 Å². The van der Waals surface area contributed by atoms with Crippen molar-refractivity contribution in [2.75, 3.05) is 14.2 Å². The van der Waals surface area contributed by atoms with Gasteiger partial charge < -0.3 is 13.3 Å². The molecule has 0 saturated heterocycles. The van der Waals surface area contributed by atoms with Crippen LogP contribution in [0.1, 0.15) is 38.2 Å². The lowest BCUT2D eigenvalue weighted by atomic mass is 10.0. The van der Waals surface area contributed by atoms with Crippen molar-refractivity contribution in [3.05, 3.63) is 35.1 Å². The van der Waals surface area contributed by atoms with Crippen molar-refractivity contribution >= 4 is 9.53 Å². The van der Waals surface area contributed by atoms with Gasteiger partial charge in [-0.3, -0.25) is 0 Å². The Bertz CT molecular complexity index is 456. The lowest BCUT2D eigenvalue weighted by Crippen LogP contribution is -2.28. The molecule has 22 heavy (non-hydrogen) atoms. The van der Waals surface area contributed by atoms with E-state index in [1.807, 2.05) is 6.92 Å². The summed E-state index contributed by atoms with van der Waals surface area (Å²) in [6.45, 7) is 1.95. The van der Waals surface area contributed by atoms with Crippen molar-refractivity contribution in [3.63, 3.8) is 0 Å². The second-order valence-corrected chi connectivity index (χ2v) is 6.96. The standard InChI is InChI=1S/C15H23F3O3Si/c1-11(21-22(19-2)20-3)7-5-4-6-8-12-9-14(17)15(18)10-13(12)16/h9-11,22H,4-8H2,1-3H3. The van der Waals surface area contributed by atoms with Crippen LogP contribution >= 0.6 is 0 Å². The molecule has 0 bridgehead atoms. The summed E-state index contributed by atoms with van der Waals surface area (Å²) < 4.78 is 55.1. The molecule has 1 rings (SSSR count). The first kappa shape index (κ1) is 19.2. The summed E-state index contributed by atoms with van der Waals surface area (Å²) in [4.78, 5) is 0. The third-order valence-electron chi connectivity index (χ3n) is 3.37. The van der Waals surface area contributed by atoms with Crippen molar-refractivity contribution < 1.29 is 26.4 Å². The number of rotatable bonds is 10. The van der Waals surface area contributed by atoms with Crippen LogP contribution in [0.5, 0.6) is 0 Å². The van der Waals surface area contributed by atoms with Crippen LogP contribution in [-0.2, 0) is 19.7 Å². The molecule has 0 radical (unpaired) electrons. The highest BCUT2D eigenvalue weighted by molar-refractivity contribution is 6.36. The van der Waals surface area contributed by atoms with E-state index < -0.39 is 27.0 Å². The van der Waals surface area contributed by atoms with E-state index in [4.69, 9.17) is 13.3 Å². The van der Waals surface area contributed by atoms with Crippen LogP contribution in [0.4, 0.5) is 13.2 Å². The lowest BCUT2D eigenvalue weighted by molar-refractivity contribution is 0.0893. The fourth-order valence-electron chi connectivity index (χ4n) is 2.14. The van der Waals surface area contributed by atoms with E-state index in [1.54, 1.807) is 14.2 Å². The average molecular weight is 336 g/mol. The number of benzene rings is 1. The summed E-state index contributed by atoms with van der Waals surface area (Å²) in [5.74, 6) is -2.85. The number of hydrogen-bond acceptors (Lipinski definition) is 3. The molecule has 0 N–H and O–H groups in total. The first-order valence-corrected chi connectivity index (χ1v) is 8.73. The van der Waals surface area contributed by atoms with E-state index in [0.717, 1.165) is 25.3 Å². The summed E-state index contributed by atoms with van der Waals surface area (Å²) in [5, 5.41) is 0. The fourth-order valence-corrected chi connectivity index (χ4v) is 3.07. The Labute approximate surface area is 131 Å². The quantitative estimate of drug-likeness (QED) is 0.371. The summed E-state index contributed by atoms with van der Waals surface area (Å²) in [7, 11) is 1.12. The third kappa shape index (κ3) is 6.47.